The Morgan fingerprint density at radius 2 is 1.74 bits per heavy atom. The molecular weight excluding hydrogens is 340 g/mol. The molecule has 0 atom stereocenters. The van der Waals surface area contributed by atoms with E-state index in [0.717, 1.165) is 22.4 Å². The highest BCUT2D eigenvalue weighted by molar-refractivity contribution is 5.98. The van der Waals surface area contributed by atoms with Gasteiger partial charge in [0.15, 0.2) is 0 Å². The van der Waals surface area contributed by atoms with Crippen LogP contribution < -0.4 is 0 Å². The van der Waals surface area contributed by atoms with E-state index in [9.17, 15) is 10.1 Å². The molecule has 0 amide bonds. The van der Waals surface area contributed by atoms with Crippen molar-refractivity contribution in [1.82, 2.24) is 14.5 Å². The molecule has 0 saturated carbocycles. The minimum absolute atomic E-state index is 0.278. The lowest BCUT2D eigenvalue weighted by Crippen LogP contribution is -2.12. The van der Waals surface area contributed by atoms with E-state index in [4.69, 9.17) is 4.74 Å². The monoisotopic (exact) mass is 360 g/mol. The molecule has 0 N–H and O–H groups in total. The smallest absolute Gasteiger partial charge is 0.355 e. The van der Waals surface area contributed by atoms with Crippen LogP contribution in [-0.4, -0.2) is 27.1 Å². The SMILES string of the molecule is CCOC(=O)c1c(-c2ccc(-c3cncnc3)cc2)c(C#N)c(CC)n1C. The van der Waals surface area contributed by atoms with Crippen LogP contribution >= 0.6 is 0 Å². The minimum Gasteiger partial charge on any atom is -0.461 e. The van der Waals surface area contributed by atoms with Crippen LogP contribution in [0, 0.1) is 11.3 Å². The molecule has 0 aliphatic carbocycles. The maximum Gasteiger partial charge on any atom is 0.355 e. The molecule has 0 aliphatic rings. The predicted molar refractivity (Wildman–Crippen MR) is 102 cm³/mol. The molecule has 0 fully saturated rings. The van der Waals surface area contributed by atoms with Gasteiger partial charge in [0.1, 0.15) is 18.1 Å². The Kier molecular flexibility index (Phi) is 5.32. The molecule has 6 heteroatoms. The molecule has 2 aromatic heterocycles. The Balaban J connectivity index is 2.15. The second-order valence-corrected chi connectivity index (χ2v) is 5.99. The zero-order chi connectivity index (χ0) is 19.4. The lowest BCUT2D eigenvalue weighted by atomic mass is 9.98. The minimum atomic E-state index is -0.424. The molecule has 3 rings (SSSR count). The number of esters is 1. The van der Waals surface area contributed by atoms with Crippen LogP contribution in [-0.2, 0) is 18.2 Å². The molecular formula is C21H20N4O2. The number of nitrogens with zero attached hydrogens (tertiary/aromatic N) is 4. The molecule has 6 nitrogen and oxygen atoms in total. The van der Waals surface area contributed by atoms with Gasteiger partial charge in [0.2, 0.25) is 0 Å². The average molecular weight is 360 g/mol. The van der Waals surface area contributed by atoms with Crippen molar-refractivity contribution >= 4 is 5.97 Å². The zero-order valence-electron chi connectivity index (χ0n) is 15.6. The first-order chi connectivity index (χ1) is 13.1. The van der Waals surface area contributed by atoms with Gasteiger partial charge in [-0.1, -0.05) is 31.2 Å². The number of carbonyl (C=O) groups is 1. The standard InChI is InChI=1S/C21H20N4O2/c1-4-18-17(10-22)19(20(25(18)3)21(26)27-5-2)15-8-6-14(7-9-15)16-11-23-13-24-12-16/h6-9,11-13H,4-5H2,1-3H3. The average Bonchev–Trinajstić information content (AvgIpc) is 3.00. The molecule has 0 bridgehead atoms. The van der Waals surface area contributed by atoms with E-state index in [1.165, 1.54) is 6.33 Å². The number of hydrogen-bond acceptors (Lipinski definition) is 5. The summed E-state index contributed by atoms with van der Waals surface area (Å²) in [5.41, 5.74) is 5.01. The van der Waals surface area contributed by atoms with Crippen molar-refractivity contribution in [2.45, 2.75) is 20.3 Å². The fourth-order valence-corrected chi connectivity index (χ4v) is 3.26. The van der Waals surface area contributed by atoms with Gasteiger partial charge in [-0.15, -0.1) is 0 Å². The van der Waals surface area contributed by atoms with Crippen molar-refractivity contribution in [2.75, 3.05) is 6.61 Å². The lowest BCUT2D eigenvalue weighted by molar-refractivity contribution is 0.0516. The molecule has 0 radical (unpaired) electrons. The number of benzene rings is 1. The molecule has 0 unspecified atom stereocenters. The van der Waals surface area contributed by atoms with Crippen molar-refractivity contribution in [2.24, 2.45) is 7.05 Å². The first-order valence-corrected chi connectivity index (χ1v) is 8.76. The Hall–Kier alpha value is -3.46. The van der Waals surface area contributed by atoms with E-state index in [-0.39, 0.29) is 6.61 Å². The Morgan fingerprint density at radius 1 is 1.11 bits per heavy atom. The van der Waals surface area contributed by atoms with Gasteiger partial charge in [-0.25, -0.2) is 14.8 Å². The van der Waals surface area contributed by atoms with Gasteiger partial charge >= 0.3 is 5.97 Å². The summed E-state index contributed by atoms with van der Waals surface area (Å²) in [4.78, 5) is 20.6. The molecule has 0 saturated heterocycles. The summed E-state index contributed by atoms with van der Waals surface area (Å²) in [6.07, 6.45) is 5.61. The molecule has 1 aromatic carbocycles. The van der Waals surface area contributed by atoms with Gasteiger partial charge in [0.25, 0.3) is 0 Å². The Labute approximate surface area is 158 Å². The maximum atomic E-state index is 12.6. The van der Waals surface area contributed by atoms with Crippen molar-refractivity contribution in [3.8, 4) is 28.3 Å². The Morgan fingerprint density at radius 3 is 2.30 bits per heavy atom. The van der Waals surface area contributed by atoms with Crippen LogP contribution in [0.5, 0.6) is 0 Å². The van der Waals surface area contributed by atoms with Crippen LogP contribution in [0.3, 0.4) is 0 Å². The van der Waals surface area contributed by atoms with E-state index in [1.807, 2.05) is 31.2 Å². The van der Waals surface area contributed by atoms with E-state index in [2.05, 4.69) is 16.0 Å². The molecule has 27 heavy (non-hydrogen) atoms. The first kappa shape index (κ1) is 18.3. The van der Waals surface area contributed by atoms with Crippen LogP contribution in [0.1, 0.15) is 35.6 Å². The van der Waals surface area contributed by atoms with Gasteiger partial charge in [-0.3, -0.25) is 0 Å². The number of nitriles is 1. The van der Waals surface area contributed by atoms with Crippen LogP contribution in [0.4, 0.5) is 0 Å². The lowest BCUT2D eigenvalue weighted by Gasteiger charge is -2.09. The van der Waals surface area contributed by atoms with Gasteiger partial charge in [-0.05, 0) is 24.5 Å². The third-order valence-corrected chi connectivity index (χ3v) is 4.50. The third kappa shape index (κ3) is 3.32. The number of hydrogen-bond donors (Lipinski definition) is 0. The summed E-state index contributed by atoms with van der Waals surface area (Å²) >= 11 is 0. The van der Waals surface area contributed by atoms with Gasteiger partial charge < -0.3 is 9.30 Å². The summed E-state index contributed by atoms with van der Waals surface area (Å²) < 4.78 is 7.00. The Bertz CT molecular complexity index is 999. The van der Waals surface area contributed by atoms with Crippen molar-refractivity contribution in [3.05, 3.63) is 59.9 Å². The molecule has 136 valence electrons. The third-order valence-electron chi connectivity index (χ3n) is 4.50. The fraction of sp³-hybridized carbons (Fsp3) is 0.238. The van der Waals surface area contributed by atoms with Gasteiger partial charge in [0.05, 0.1) is 12.2 Å². The predicted octanol–water partition coefficient (Wildman–Crippen LogP) is 3.76. The van der Waals surface area contributed by atoms with Gasteiger partial charge in [-0.2, -0.15) is 5.26 Å². The largest absolute Gasteiger partial charge is 0.461 e. The first-order valence-electron chi connectivity index (χ1n) is 8.76. The zero-order valence-corrected chi connectivity index (χ0v) is 15.6. The molecule has 2 heterocycles. The number of ether oxygens (including phenoxy) is 1. The van der Waals surface area contributed by atoms with E-state index >= 15 is 0 Å². The fourth-order valence-electron chi connectivity index (χ4n) is 3.26. The number of rotatable bonds is 5. The second-order valence-electron chi connectivity index (χ2n) is 5.99. The molecule has 3 aromatic rings. The van der Waals surface area contributed by atoms with Crippen molar-refractivity contribution < 1.29 is 9.53 Å². The summed E-state index contributed by atoms with van der Waals surface area (Å²) in [7, 11) is 1.80. The summed E-state index contributed by atoms with van der Waals surface area (Å²) in [6, 6.07) is 9.94. The molecule has 0 spiro atoms. The quantitative estimate of drug-likeness (QED) is 0.647. The highest BCUT2D eigenvalue weighted by Crippen LogP contribution is 2.34. The maximum absolute atomic E-state index is 12.6. The van der Waals surface area contributed by atoms with E-state index < -0.39 is 5.97 Å². The van der Waals surface area contributed by atoms with Crippen LogP contribution in [0.15, 0.2) is 43.0 Å². The van der Waals surface area contributed by atoms with Crippen molar-refractivity contribution in [1.29, 1.82) is 5.26 Å². The summed E-state index contributed by atoms with van der Waals surface area (Å²) in [5.74, 6) is -0.424. The number of carbonyl (C=O) groups excluding carboxylic acids is 1. The normalized spacial score (nSPS) is 10.4. The van der Waals surface area contributed by atoms with Gasteiger partial charge in [0, 0.05) is 36.3 Å². The van der Waals surface area contributed by atoms with E-state index in [1.54, 1.807) is 30.9 Å². The highest BCUT2D eigenvalue weighted by atomic mass is 16.5. The molecule has 0 aliphatic heterocycles. The second kappa shape index (κ2) is 7.83. The van der Waals surface area contributed by atoms with Crippen molar-refractivity contribution in [3.63, 3.8) is 0 Å². The number of aromatic nitrogens is 3. The highest BCUT2D eigenvalue weighted by Gasteiger charge is 2.26. The topological polar surface area (TPSA) is 80.8 Å². The van der Waals surface area contributed by atoms with Crippen LogP contribution in [0.25, 0.3) is 22.3 Å². The van der Waals surface area contributed by atoms with Crippen LogP contribution in [0.2, 0.25) is 0 Å². The summed E-state index contributed by atoms with van der Waals surface area (Å²) in [5, 5.41) is 9.74. The summed E-state index contributed by atoms with van der Waals surface area (Å²) in [6.45, 7) is 4.01. The van der Waals surface area contributed by atoms with E-state index in [0.29, 0.717) is 23.2 Å².